The maximum absolute atomic E-state index is 12.6. The summed E-state index contributed by atoms with van der Waals surface area (Å²) in [6.45, 7) is 0.102. The van der Waals surface area contributed by atoms with Crippen LogP contribution in [0.1, 0.15) is 19.3 Å². The van der Waals surface area contributed by atoms with E-state index in [1.807, 2.05) is 0 Å². The summed E-state index contributed by atoms with van der Waals surface area (Å²) >= 11 is 12.6. The topological polar surface area (TPSA) is 139 Å². The summed E-state index contributed by atoms with van der Waals surface area (Å²) in [5.74, 6) is 0.451. The van der Waals surface area contributed by atoms with E-state index in [-0.39, 0.29) is 57.0 Å². The Morgan fingerprint density at radius 1 is 0.607 bits per heavy atom. The molecule has 0 spiro atoms. The van der Waals surface area contributed by atoms with E-state index in [1.165, 1.54) is 14.7 Å². The van der Waals surface area contributed by atoms with Gasteiger partial charge in [0, 0.05) is 19.6 Å². The van der Waals surface area contributed by atoms with Gasteiger partial charge in [0.1, 0.15) is 0 Å². The van der Waals surface area contributed by atoms with Crippen molar-refractivity contribution in [3.63, 3.8) is 0 Å². The third-order valence-electron chi connectivity index (χ3n) is 3.99. The molecular weight excluding hydrogens is 420 g/mol. The Bertz CT molecular complexity index is 420. The summed E-state index contributed by atoms with van der Waals surface area (Å²) in [6.07, 6.45) is 0.752. The van der Waals surface area contributed by atoms with Crippen LogP contribution in [0.5, 0.6) is 0 Å². The molecule has 0 aromatic carbocycles. The van der Waals surface area contributed by atoms with Gasteiger partial charge >= 0.3 is 0 Å². The second-order valence-corrected chi connectivity index (χ2v) is 7.29. The Balaban J connectivity index is 6.24. The van der Waals surface area contributed by atoms with Crippen LogP contribution in [0, 0.1) is 0 Å². The second-order valence-electron chi connectivity index (χ2n) is 5.95. The quantitative estimate of drug-likeness (QED) is 0.133. The van der Waals surface area contributed by atoms with Gasteiger partial charge in [-0.1, -0.05) is 0 Å². The molecule has 0 bridgehead atoms. The molecule has 6 N–H and O–H groups in total. The monoisotopic (exact) mass is 454 g/mol. The van der Waals surface area contributed by atoms with Crippen LogP contribution >= 0.6 is 37.9 Å². The molecule has 0 unspecified atom stereocenters. The maximum atomic E-state index is 12.6. The van der Waals surface area contributed by atoms with Crippen LogP contribution in [0.25, 0.3) is 0 Å². The summed E-state index contributed by atoms with van der Waals surface area (Å²) in [4.78, 5) is 42.3. The largest absolute Gasteiger partial charge is 0.322 e. The molecule has 164 valence electrons. The zero-order valence-electron chi connectivity index (χ0n) is 16.2. The van der Waals surface area contributed by atoms with E-state index in [4.69, 9.17) is 17.2 Å². The Morgan fingerprint density at radius 3 is 1.04 bits per heavy atom. The minimum atomic E-state index is -0.956. The van der Waals surface area contributed by atoms with E-state index in [0.717, 1.165) is 0 Å². The molecule has 0 aromatic rings. The minimum absolute atomic E-state index is 0.252. The highest BCUT2D eigenvalue weighted by molar-refractivity contribution is 7.80. The number of nitrogens with two attached hydrogens (primary N) is 3. The molecule has 0 saturated carbocycles. The molecular formula is C16H34N6O3S3. The first-order valence-corrected chi connectivity index (χ1v) is 11.1. The molecule has 0 aromatic heterocycles. The van der Waals surface area contributed by atoms with Crippen LogP contribution in [-0.4, -0.2) is 95.2 Å². The average Bonchev–Trinajstić information content (AvgIpc) is 2.72. The molecule has 0 rings (SSSR count). The third-order valence-corrected chi connectivity index (χ3v) is 4.94. The first-order valence-electron chi connectivity index (χ1n) is 9.24. The molecule has 3 amide bonds. The fourth-order valence-electron chi connectivity index (χ4n) is 2.69. The van der Waals surface area contributed by atoms with Gasteiger partial charge in [-0.25, -0.2) is 0 Å². The van der Waals surface area contributed by atoms with Gasteiger partial charge in [-0.15, -0.1) is 0 Å². The standard InChI is InChI=1S/C16H34N6O3S3/c17-10-13(23)20(4-1-7-26)16(21(5-2-8-27)14(24)11-18)22(6-3-9-28)15(25)12-19/h16,26-28H,1-12,17-19H2. The number of thiol groups is 3. The van der Waals surface area contributed by atoms with E-state index in [2.05, 4.69) is 37.9 Å². The maximum Gasteiger partial charge on any atom is 0.239 e. The van der Waals surface area contributed by atoms with Crippen molar-refractivity contribution < 1.29 is 14.4 Å². The highest BCUT2D eigenvalue weighted by atomic mass is 32.1. The predicted molar refractivity (Wildman–Crippen MR) is 122 cm³/mol. The van der Waals surface area contributed by atoms with Crippen molar-refractivity contribution in [1.82, 2.24) is 14.7 Å². The van der Waals surface area contributed by atoms with Gasteiger partial charge in [-0.3, -0.25) is 14.4 Å². The van der Waals surface area contributed by atoms with Crippen molar-refractivity contribution in [2.45, 2.75) is 25.6 Å². The number of hydrogen-bond acceptors (Lipinski definition) is 9. The first kappa shape index (κ1) is 27.3. The van der Waals surface area contributed by atoms with Crippen molar-refractivity contribution in [1.29, 1.82) is 0 Å². The lowest BCUT2D eigenvalue weighted by molar-refractivity contribution is -0.164. The molecule has 0 aliphatic heterocycles. The van der Waals surface area contributed by atoms with Crippen molar-refractivity contribution >= 4 is 55.6 Å². The van der Waals surface area contributed by atoms with Crippen LogP contribution in [-0.2, 0) is 14.4 Å². The molecule has 0 saturated heterocycles. The molecule has 0 aliphatic rings. The van der Waals surface area contributed by atoms with Gasteiger partial charge in [0.25, 0.3) is 0 Å². The summed E-state index contributed by atoms with van der Waals surface area (Å²) < 4.78 is 0. The van der Waals surface area contributed by atoms with Crippen molar-refractivity contribution in [3.8, 4) is 0 Å². The number of nitrogens with zero attached hydrogens (tertiary/aromatic N) is 3. The lowest BCUT2D eigenvalue weighted by Crippen LogP contribution is -2.65. The lowest BCUT2D eigenvalue weighted by atomic mass is 10.2. The first-order chi connectivity index (χ1) is 13.4. The Kier molecular flexibility index (Phi) is 15.8. The van der Waals surface area contributed by atoms with Crippen molar-refractivity contribution in [2.75, 3.05) is 56.5 Å². The van der Waals surface area contributed by atoms with E-state index in [1.54, 1.807) is 0 Å². The molecule has 12 heteroatoms. The Labute approximate surface area is 183 Å². The van der Waals surface area contributed by atoms with Gasteiger partial charge < -0.3 is 31.9 Å². The third kappa shape index (κ3) is 8.78. The SMILES string of the molecule is NCC(=O)N(CCCS)C(N(CCCS)C(=O)CN)N(CCCS)C(=O)CN. The van der Waals surface area contributed by atoms with Gasteiger partial charge in [0.05, 0.1) is 19.6 Å². The van der Waals surface area contributed by atoms with Crippen LogP contribution in [0.4, 0.5) is 0 Å². The number of carbonyl (C=O) groups excluding carboxylic acids is 3. The zero-order chi connectivity index (χ0) is 21.5. The van der Waals surface area contributed by atoms with Gasteiger partial charge in [0.2, 0.25) is 17.7 Å². The average molecular weight is 455 g/mol. The molecule has 0 radical (unpaired) electrons. The molecule has 0 atom stereocenters. The minimum Gasteiger partial charge on any atom is -0.322 e. The van der Waals surface area contributed by atoms with Crippen LogP contribution in [0.15, 0.2) is 0 Å². The molecule has 28 heavy (non-hydrogen) atoms. The number of rotatable bonds is 15. The summed E-state index contributed by atoms with van der Waals surface area (Å²) in [6, 6.07) is 0. The Morgan fingerprint density at radius 2 is 0.857 bits per heavy atom. The molecule has 0 fully saturated rings. The second kappa shape index (κ2) is 16.2. The van der Waals surface area contributed by atoms with Crippen LogP contribution < -0.4 is 17.2 Å². The fraction of sp³-hybridized carbons (Fsp3) is 0.812. The molecule has 0 aliphatic carbocycles. The molecule has 0 heterocycles. The normalized spacial score (nSPS) is 10.8. The van der Waals surface area contributed by atoms with E-state index in [0.29, 0.717) is 36.5 Å². The zero-order valence-corrected chi connectivity index (χ0v) is 18.9. The van der Waals surface area contributed by atoms with Gasteiger partial charge in [0.15, 0.2) is 6.29 Å². The number of amides is 3. The van der Waals surface area contributed by atoms with Crippen LogP contribution in [0.2, 0.25) is 0 Å². The summed E-state index contributed by atoms with van der Waals surface area (Å²) in [7, 11) is 0. The fourth-order valence-corrected chi connectivity index (χ4v) is 3.11. The van der Waals surface area contributed by atoms with E-state index in [9.17, 15) is 14.4 Å². The highest BCUT2D eigenvalue weighted by Gasteiger charge is 2.37. The molecule has 9 nitrogen and oxygen atoms in total. The number of carbonyl (C=O) groups is 3. The van der Waals surface area contributed by atoms with Crippen molar-refractivity contribution in [3.05, 3.63) is 0 Å². The van der Waals surface area contributed by atoms with Gasteiger partial charge in [-0.2, -0.15) is 37.9 Å². The van der Waals surface area contributed by atoms with E-state index >= 15 is 0 Å². The number of hydrogen-bond donors (Lipinski definition) is 6. The smallest absolute Gasteiger partial charge is 0.239 e. The predicted octanol–water partition coefficient (Wildman–Crippen LogP) is -1.41. The summed E-state index contributed by atoms with van der Waals surface area (Å²) in [5.41, 5.74) is 16.8. The highest BCUT2D eigenvalue weighted by Crippen LogP contribution is 2.16. The van der Waals surface area contributed by atoms with Crippen LogP contribution in [0.3, 0.4) is 0 Å². The van der Waals surface area contributed by atoms with Crippen molar-refractivity contribution in [2.24, 2.45) is 17.2 Å². The summed E-state index contributed by atoms with van der Waals surface area (Å²) in [5, 5.41) is 0. The van der Waals surface area contributed by atoms with Gasteiger partial charge in [-0.05, 0) is 36.5 Å². The lowest BCUT2D eigenvalue weighted by Gasteiger charge is -2.45. The Hall–Kier alpha value is -0.660. The van der Waals surface area contributed by atoms with E-state index < -0.39 is 6.29 Å².